The quantitative estimate of drug-likeness (QED) is 0.693. The number of ether oxygens (including phenoxy) is 2. The topological polar surface area (TPSA) is 61.5 Å². The molecule has 4 nitrogen and oxygen atoms in total. The van der Waals surface area contributed by atoms with Crippen molar-refractivity contribution in [2.24, 2.45) is 0 Å². The lowest BCUT2D eigenvalue weighted by molar-refractivity contribution is 0.104. The first-order valence-electron chi connectivity index (χ1n) is 5.80. The zero-order valence-electron chi connectivity index (χ0n) is 11.3. The lowest BCUT2D eigenvalue weighted by Crippen LogP contribution is -2.05. The van der Waals surface area contributed by atoms with Gasteiger partial charge < -0.3 is 15.2 Å². The van der Waals surface area contributed by atoms with Crippen molar-refractivity contribution in [1.82, 2.24) is 0 Å². The fraction of sp³-hybridized carbons (Fsp3) is 0.214. The molecule has 0 unspecified atom stereocenters. The third kappa shape index (κ3) is 2.59. The fourth-order valence-electron chi connectivity index (χ4n) is 1.80. The van der Waals surface area contributed by atoms with Crippen LogP contribution in [0.3, 0.4) is 0 Å². The Morgan fingerprint density at radius 3 is 2.30 bits per heavy atom. The van der Waals surface area contributed by atoms with Crippen LogP contribution in [0.15, 0.2) is 18.2 Å². The molecule has 0 radical (unpaired) electrons. The van der Waals surface area contributed by atoms with E-state index in [4.69, 9.17) is 26.8 Å². The summed E-state index contributed by atoms with van der Waals surface area (Å²) in [5.41, 5.74) is 7.51. The van der Waals surface area contributed by atoms with Gasteiger partial charge in [-0.05, 0) is 24.6 Å². The van der Waals surface area contributed by atoms with Gasteiger partial charge in [-0.25, -0.2) is 0 Å². The average Bonchev–Trinajstić information content (AvgIpc) is 2.77. The van der Waals surface area contributed by atoms with Gasteiger partial charge in [0.15, 0.2) is 11.5 Å². The Balaban J connectivity index is 2.49. The number of benzene rings is 1. The van der Waals surface area contributed by atoms with Gasteiger partial charge >= 0.3 is 0 Å². The molecule has 1 aromatic heterocycles. The molecule has 0 aliphatic carbocycles. The van der Waals surface area contributed by atoms with Gasteiger partial charge in [-0.3, -0.25) is 4.79 Å². The van der Waals surface area contributed by atoms with Crippen LogP contribution in [0.25, 0.3) is 0 Å². The van der Waals surface area contributed by atoms with Crippen LogP contribution in [0.5, 0.6) is 11.5 Å². The third-order valence-electron chi connectivity index (χ3n) is 2.88. The molecule has 0 amide bonds. The highest BCUT2D eigenvalue weighted by atomic mass is 35.5. The predicted octanol–water partition coefficient (Wildman–Crippen LogP) is 3.54. The number of carbonyl (C=O) groups is 1. The first-order valence-corrected chi connectivity index (χ1v) is 6.99. The summed E-state index contributed by atoms with van der Waals surface area (Å²) in [6.45, 7) is 1.85. The van der Waals surface area contributed by atoms with Crippen molar-refractivity contribution < 1.29 is 14.3 Å². The molecule has 0 fully saturated rings. The highest BCUT2D eigenvalue weighted by Gasteiger charge is 2.19. The van der Waals surface area contributed by atoms with Crippen molar-refractivity contribution >= 4 is 34.4 Å². The second-order valence-electron chi connectivity index (χ2n) is 4.19. The first-order chi connectivity index (χ1) is 9.47. The molecule has 0 aliphatic heterocycles. The Hall–Kier alpha value is -1.72. The molecule has 6 heteroatoms. The van der Waals surface area contributed by atoms with Crippen LogP contribution in [-0.4, -0.2) is 20.0 Å². The van der Waals surface area contributed by atoms with Crippen molar-refractivity contribution in [3.63, 3.8) is 0 Å². The zero-order chi connectivity index (χ0) is 14.9. The molecule has 0 spiro atoms. The molecule has 20 heavy (non-hydrogen) atoms. The SMILES string of the molecule is COc1cc(N)c(C(=O)c2cc(C)c(Cl)s2)cc1OC. The summed E-state index contributed by atoms with van der Waals surface area (Å²) < 4.78 is 10.9. The molecule has 0 bridgehead atoms. The Morgan fingerprint density at radius 2 is 1.80 bits per heavy atom. The number of methoxy groups -OCH3 is 2. The van der Waals surface area contributed by atoms with E-state index < -0.39 is 0 Å². The highest BCUT2D eigenvalue weighted by Crippen LogP contribution is 2.35. The van der Waals surface area contributed by atoms with Crippen LogP contribution in [-0.2, 0) is 0 Å². The van der Waals surface area contributed by atoms with Crippen molar-refractivity contribution in [3.05, 3.63) is 38.5 Å². The molecule has 0 atom stereocenters. The van der Waals surface area contributed by atoms with E-state index in [1.165, 1.54) is 25.6 Å². The Kier molecular flexibility index (Phi) is 4.20. The van der Waals surface area contributed by atoms with Gasteiger partial charge in [-0.1, -0.05) is 11.6 Å². The van der Waals surface area contributed by atoms with Crippen LogP contribution < -0.4 is 15.2 Å². The second-order valence-corrected chi connectivity index (χ2v) is 5.85. The fourth-order valence-corrected chi connectivity index (χ4v) is 2.95. The number of halogens is 1. The van der Waals surface area contributed by atoms with Gasteiger partial charge in [-0.15, -0.1) is 11.3 Å². The van der Waals surface area contributed by atoms with E-state index >= 15 is 0 Å². The lowest BCUT2D eigenvalue weighted by Gasteiger charge is -2.11. The largest absolute Gasteiger partial charge is 0.493 e. The minimum absolute atomic E-state index is 0.177. The first kappa shape index (κ1) is 14.7. The van der Waals surface area contributed by atoms with E-state index in [1.54, 1.807) is 18.2 Å². The lowest BCUT2D eigenvalue weighted by atomic mass is 10.1. The number of ketones is 1. The van der Waals surface area contributed by atoms with Gasteiger partial charge in [0.2, 0.25) is 5.78 Å². The number of carbonyl (C=O) groups excluding carboxylic acids is 1. The molecular formula is C14H14ClNO3S. The van der Waals surface area contributed by atoms with E-state index in [0.29, 0.717) is 32.0 Å². The molecule has 0 saturated carbocycles. The average molecular weight is 312 g/mol. The van der Waals surface area contributed by atoms with E-state index in [1.807, 2.05) is 6.92 Å². The standard InChI is InChI=1S/C14H14ClNO3S/c1-7-4-12(20-14(7)15)13(17)8-5-10(18-2)11(19-3)6-9(8)16/h4-6H,16H2,1-3H3. The summed E-state index contributed by atoms with van der Waals surface area (Å²) in [5, 5.41) is 0. The molecule has 1 heterocycles. The van der Waals surface area contributed by atoms with Crippen LogP contribution >= 0.6 is 22.9 Å². The summed E-state index contributed by atoms with van der Waals surface area (Å²) >= 11 is 7.23. The third-order valence-corrected chi connectivity index (χ3v) is 4.44. The second kappa shape index (κ2) is 5.73. The van der Waals surface area contributed by atoms with Crippen LogP contribution in [0, 0.1) is 6.92 Å². The Bertz CT molecular complexity index is 647. The van der Waals surface area contributed by atoms with E-state index in [-0.39, 0.29) is 5.78 Å². The minimum Gasteiger partial charge on any atom is -0.493 e. The summed E-state index contributed by atoms with van der Waals surface area (Å²) in [5.74, 6) is 0.773. The zero-order valence-corrected chi connectivity index (χ0v) is 12.9. The van der Waals surface area contributed by atoms with Crippen molar-refractivity contribution in [3.8, 4) is 11.5 Å². The number of thiophene rings is 1. The van der Waals surface area contributed by atoms with E-state index in [2.05, 4.69) is 0 Å². The molecule has 1 aromatic carbocycles. The number of hydrogen-bond donors (Lipinski definition) is 1. The van der Waals surface area contributed by atoms with Gasteiger partial charge in [0.1, 0.15) is 0 Å². The molecule has 0 aliphatic rings. The summed E-state index contributed by atoms with van der Waals surface area (Å²) in [6.07, 6.45) is 0. The predicted molar refractivity (Wildman–Crippen MR) is 81.5 cm³/mol. The maximum Gasteiger partial charge on any atom is 0.205 e. The smallest absolute Gasteiger partial charge is 0.205 e. The number of aryl methyl sites for hydroxylation is 1. The van der Waals surface area contributed by atoms with Gasteiger partial charge in [-0.2, -0.15) is 0 Å². The summed E-state index contributed by atoms with van der Waals surface area (Å²) in [6, 6.07) is 4.92. The highest BCUT2D eigenvalue weighted by molar-refractivity contribution is 7.18. The molecule has 0 saturated heterocycles. The maximum atomic E-state index is 12.5. The summed E-state index contributed by atoms with van der Waals surface area (Å²) in [4.78, 5) is 13.0. The molecule has 2 aromatic rings. The van der Waals surface area contributed by atoms with Crippen molar-refractivity contribution in [2.75, 3.05) is 20.0 Å². The molecular weight excluding hydrogens is 298 g/mol. The van der Waals surface area contributed by atoms with Crippen molar-refractivity contribution in [2.45, 2.75) is 6.92 Å². The maximum absolute atomic E-state index is 12.5. The van der Waals surface area contributed by atoms with Gasteiger partial charge in [0, 0.05) is 11.8 Å². The number of anilines is 1. The number of rotatable bonds is 4. The Morgan fingerprint density at radius 1 is 1.20 bits per heavy atom. The van der Waals surface area contributed by atoms with Crippen LogP contribution in [0.2, 0.25) is 4.34 Å². The van der Waals surface area contributed by atoms with E-state index in [9.17, 15) is 4.79 Å². The molecule has 106 valence electrons. The van der Waals surface area contributed by atoms with Crippen molar-refractivity contribution in [1.29, 1.82) is 0 Å². The molecule has 2 rings (SSSR count). The van der Waals surface area contributed by atoms with Gasteiger partial charge in [0.05, 0.1) is 29.0 Å². The molecule has 2 N–H and O–H groups in total. The van der Waals surface area contributed by atoms with Crippen LogP contribution in [0.4, 0.5) is 5.69 Å². The number of nitrogens with two attached hydrogens (primary N) is 1. The number of hydrogen-bond acceptors (Lipinski definition) is 5. The minimum atomic E-state index is -0.177. The Labute approximate surface area is 126 Å². The van der Waals surface area contributed by atoms with E-state index in [0.717, 1.165) is 5.56 Å². The summed E-state index contributed by atoms with van der Waals surface area (Å²) in [7, 11) is 3.02. The van der Waals surface area contributed by atoms with Crippen LogP contribution in [0.1, 0.15) is 20.8 Å². The normalized spacial score (nSPS) is 10.4. The van der Waals surface area contributed by atoms with Gasteiger partial charge in [0.25, 0.3) is 0 Å². The number of nitrogen functional groups attached to an aromatic ring is 1. The monoisotopic (exact) mass is 311 g/mol.